The van der Waals surface area contributed by atoms with Gasteiger partial charge in [-0.05, 0) is 36.2 Å². The molecule has 37 heavy (non-hydrogen) atoms. The standard InChI is InChI=1S/C25H30FN7O3Si/c1-5-18-14-36-25(34)33(18)22-8-9-32-24(29-22)20(13-28-32)17-6-7-19(21(26)12-17)23-27-15-31(30-23)16-35-10-11-37(2,3)4/h6-9,12-13,15,18H,5,10-11,14,16H2,1-4H3/t18-/m0/s1. The normalized spacial score (nSPS) is 16.1. The molecule has 194 valence electrons. The van der Waals surface area contributed by atoms with Gasteiger partial charge in [0.1, 0.15) is 31.3 Å². The second-order valence-electron chi connectivity index (χ2n) is 10.3. The lowest BCUT2D eigenvalue weighted by molar-refractivity contribution is 0.0784. The second kappa shape index (κ2) is 10.0. The van der Waals surface area contributed by atoms with Gasteiger partial charge in [-0.15, -0.1) is 5.10 Å². The lowest BCUT2D eigenvalue weighted by Gasteiger charge is -2.19. The zero-order valence-electron chi connectivity index (χ0n) is 21.4. The third-order valence-electron chi connectivity index (χ3n) is 6.31. The lowest BCUT2D eigenvalue weighted by atomic mass is 10.1. The van der Waals surface area contributed by atoms with Crippen LogP contribution < -0.4 is 4.90 Å². The summed E-state index contributed by atoms with van der Waals surface area (Å²) in [4.78, 5) is 22.8. The number of halogens is 1. The number of amides is 1. The Balaban J connectivity index is 1.36. The Morgan fingerprint density at radius 2 is 2.05 bits per heavy atom. The van der Waals surface area contributed by atoms with Crippen molar-refractivity contribution < 1.29 is 18.7 Å². The topological polar surface area (TPSA) is 99.7 Å². The molecule has 0 N–H and O–H groups in total. The number of ether oxygens (including phenoxy) is 2. The fourth-order valence-corrected chi connectivity index (χ4v) is 4.88. The van der Waals surface area contributed by atoms with E-state index >= 15 is 4.39 Å². The first-order valence-corrected chi connectivity index (χ1v) is 16.0. The Morgan fingerprint density at radius 1 is 1.22 bits per heavy atom. The van der Waals surface area contributed by atoms with Crippen molar-refractivity contribution in [2.75, 3.05) is 18.1 Å². The van der Waals surface area contributed by atoms with Crippen molar-refractivity contribution in [3.05, 3.63) is 48.8 Å². The number of aromatic nitrogens is 6. The summed E-state index contributed by atoms with van der Waals surface area (Å²) >= 11 is 0. The van der Waals surface area contributed by atoms with Gasteiger partial charge in [-0.25, -0.2) is 28.4 Å². The molecule has 1 aliphatic heterocycles. The molecule has 1 saturated heterocycles. The number of fused-ring (bicyclic) bond motifs is 1. The summed E-state index contributed by atoms with van der Waals surface area (Å²) in [6.45, 7) is 10.1. The molecule has 0 radical (unpaired) electrons. The van der Waals surface area contributed by atoms with Crippen molar-refractivity contribution in [1.29, 1.82) is 0 Å². The van der Waals surface area contributed by atoms with Crippen LogP contribution in [-0.2, 0) is 16.2 Å². The summed E-state index contributed by atoms with van der Waals surface area (Å²) in [5.74, 6) is 0.304. The fourth-order valence-electron chi connectivity index (χ4n) is 4.12. The Labute approximate surface area is 215 Å². The summed E-state index contributed by atoms with van der Waals surface area (Å²) in [5, 5.41) is 8.71. The van der Waals surface area contributed by atoms with Crippen LogP contribution in [0.3, 0.4) is 0 Å². The summed E-state index contributed by atoms with van der Waals surface area (Å²) in [7, 11) is -1.17. The molecular weight excluding hydrogens is 493 g/mol. The van der Waals surface area contributed by atoms with Crippen LogP contribution in [0, 0.1) is 5.82 Å². The van der Waals surface area contributed by atoms with Gasteiger partial charge in [-0.1, -0.05) is 32.6 Å². The van der Waals surface area contributed by atoms with E-state index in [2.05, 4.69) is 39.8 Å². The van der Waals surface area contributed by atoms with Gasteiger partial charge >= 0.3 is 6.09 Å². The molecule has 5 rings (SSSR count). The van der Waals surface area contributed by atoms with Gasteiger partial charge in [0.15, 0.2) is 11.5 Å². The van der Waals surface area contributed by atoms with E-state index in [0.29, 0.717) is 41.4 Å². The summed E-state index contributed by atoms with van der Waals surface area (Å²) in [5.41, 5.74) is 2.05. The highest BCUT2D eigenvalue weighted by Gasteiger charge is 2.34. The van der Waals surface area contributed by atoms with E-state index in [9.17, 15) is 4.79 Å². The second-order valence-corrected chi connectivity index (χ2v) is 15.9. The highest BCUT2D eigenvalue weighted by atomic mass is 28.3. The Morgan fingerprint density at radius 3 is 2.81 bits per heavy atom. The molecule has 0 bridgehead atoms. The predicted octanol–water partition coefficient (Wildman–Crippen LogP) is 4.84. The zero-order chi connectivity index (χ0) is 26.2. The monoisotopic (exact) mass is 523 g/mol. The quantitative estimate of drug-likeness (QED) is 0.229. The van der Waals surface area contributed by atoms with E-state index in [1.54, 1.807) is 51.0 Å². The maximum Gasteiger partial charge on any atom is 0.415 e. The smallest absolute Gasteiger partial charge is 0.415 e. The van der Waals surface area contributed by atoms with Crippen LogP contribution in [0.1, 0.15) is 13.3 Å². The third kappa shape index (κ3) is 5.25. The van der Waals surface area contributed by atoms with Crippen molar-refractivity contribution in [2.24, 2.45) is 0 Å². The molecule has 0 saturated carbocycles. The van der Waals surface area contributed by atoms with Crippen LogP contribution in [0.4, 0.5) is 15.0 Å². The molecule has 10 nitrogen and oxygen atoms in total. The Hall–Kier alpha value is -3.64. The number of cyclic esters (lactones) is 1. The maximum absolute atomic E-state index is 15.2. The number of hydrogen-bond acceptors (Lipinski definition) is 7. The molecule has 0 spiro atoms. The number of nitrogens with zero attached hydrogens (tertiary/aromatic N) is 7. The summed E-state index contributed by atoms with van der Waals surface area (Å²) < 4.78 is 29.3. The van der Waals surface area contributed by atoms with E-state index in [1.165, 1.54) is 6.07 Å². The molecule has 12 heteroatoms. The molecule has 4 heterocycles. The number of rotatable bonds is 9. The van der Waals surface area contributed by atoms with E-state index in [1.807, 2.05) is 6.92 Å². The third-order valence-corrected chi connectivity index (χ3v) is 8.02. The van der Waals surface area contributed by atoms with Gasteiger partial charge in [0.05, 0.1) is 17.8 Å². The van der Waals surface area contributed by atoms with Gasteiger partial charge in [0, 0.05) is 26.4 Å². The van der Waals surface area contributed by atoms with E-state index in [0.717, 1.165) is 12.5 Å². The van der Waals surface area contributed by atoms with Crippen molar-refractivity contribution >= 4 is 25.6 Å². The van der Waals surface area contributed by atoms with E-state index in [4.69, 9.17) is 9.47 Å². The van der Waals surface area contributed by atoms with Crippen molar-refractivity contribution in [2.45, 2.75) is 51.8 Å². The van der Waals surface area contributed by atoms with Crippen LogP contribution in [-0.4, -0.2) is 62.8 Å². The van der Waals surface area contributed by atoms with E-state index < -0.39 is 20.0 Å². The van der Waals surface area contributed by atoms with Crippen LogP contribution in [0.2, 0.25) is 25.7 Å². The highest BCUT2D eigenvalue weighted by molar-refractivity contribution is 6.76. The highest BCUT2D eigenvalue weighted by Crippen LogP contribution is 2.30. The number of carbonyl (C=O) groups excluding carboxylic acids is 1. The largest absolute Gasteiger partial charge is 0.447 e. The minimum Gasteiger partial charge on any atom is -0.447 e. The Bertz CT molecular complexity index is 1430. The van der Waals surface area contributed by atoms with Crippen LogP contribution in [0.25, 0.3) is 28.2 Å². The zero-order valence-corrected chi connectivity index (χ0v) is 22.4. The van der Waals surface area contributed by atoms with Crippen molar-refractivity contribution in [3.63, 3.8) is 0 Å². The summed E-state index contributed by atoms with van der Waals surface area (Å²) in [6.07, 6.45) is 5.22. The maximum atomic E-state index is 15.2. The number of benzene rings is 1. The first kappa shape index (κ1) is 25.0. The average molecular weight is 524 g/mol. The molecule has 3 aromatic heterocycles. The van der Waals surface area contributed by atoms with Crippen LogP contribution in [0.5, 0.6) is 0 Å². The average Bonchev–Trinajstić information content (AvgIpc) is 3.59. The van der Waals surface area contributed by atoms with Gasteiger partial charge in [-0.3, -0.25) is 4.90 Å². The minimum absolute atomic E-state index is 0.0800. The van der Waals surface area contributed by atoms with Gasteiger partial charge in [0.2, 0.25) is 0 Å². The van der Waals surface area contributed by atoms with Gasteiger partial charge in [-0.2, -0.15) is 5.10 Å². The number of anilines is 1. The molecule has 1 aromatic carbocycles. The first-order chi connectivity index (χ1) is 17.7. The molecule has 1 amide bonds. The SMILES string of the molecule is CC[C@H]1COC(=O)N1c1ccn2ncc(-c3ccc(-c4ncn(COCC[Si](C)(C)C)n4)c(F)c3)c2n1. The number of carbonyl (C=O) groups is 1. The molecule has 4 aromatic rings. The molecule has 0 aliphatic carbocycles. The summed E-state index contributed by atoms with van der Waals surface area (Å²) in [6, 6.07) is 7.56. The Kier molecular flexibility index (Phi) is 6.78. The molecule has 0 unspecified atom stereocenters. The van der Waals surface area contributed by atoms with E-state index in [-0.39, 0.29) is 18.6 Å². The molecule has 1 atom stereocenters. The first-order valence-electron chi connectivity index (χ1n) is 12.3. The van der Waals surface area contributed by atoms with Crippen molar-refractivity contribution in [1.82, 2.24) is 29.4 Å². The van der Waals surface area contributed by atoms with Gasteiger partial charge in [0.25, 0.3) is 0 Å². The molecule has 1 aliphatic rings. The fraction of sp³-hybridized carbons (Fsp3) is 0.400. The number of hydrogen-bond donors (Lipinski definition) is 0. The van der Waals surface area contributed by atoms with Gasteiger partial charge < -0.3 is 9.47 Å². The predicted molar refractivity (Wildman–Crippen MR) is 139 cm³/mol. The van der Waals surface area contributed by atoms with Crippen LogP contribution in [0.15, 0.2) is 43.0 Å². The van der Waals surface area contributed by atoms with Crippen LogP contribution >= 0.6 is 0 Å². The minimum atomic E-state index is -1.17. The van der Waals surface area contributed by atoms with Crippen molar-refractivity contribution in [3.8, 4) is 22.5 Å². The molecule has 1 fully saturated rings. The molecular formula is C25H30FN7O3Si. The lowest BCUT2D eigenvalue weighted by Crippen LogP contribution is -2.33.